The van der Waals surface area contributed by atoms with Crippen molar-refractivity contribution in [1.82, 2.24) is 15.2 Å². The van der Waals surface area contributed by atoms with Crippen molar-refractivity contribution >= 4 is 11.8 Å². The standard InChI is InChI=1S/C26H33N3O3/c1-20-2-4-21(5-3-20)18-24(30)29-15-10-26(11-16-29)19-22(9-17-32-26)6-14-28-25(31)23-7-12-27-13-8-23/h2-5,7-8,12-13,22H,6,9-11,14-19H2,1H3,(H,28,31). The van der Waals surface area contributed by atoms with Gasteiger partial charge in [-0.25, -0.2) is 0 Å². The number of nitrogens with one attached hydrogen (secondary N) is 1. The van der Waals surface area contributed by atoms with Gasteiger partial charge in [-0.15, -0.1) is 0 Å². The Balaban J connectivity index is 1.22. The number of carbonyl (C=O) groups excluding carboxylic acids is 2. The molecule has 32 heavy (non-hydrogen) atoms. The third kappa shape index (κ3) is 5.74. The molecule has 1 unspecified atom stereocenters. The van der Waals surface area contributed by atoms with Crippen LogP contribution in [0.3, 0.4) is 0 Å². The first-order valence-corrected chi connectivity index (χ1v) is 11.7. The van der Waals surface area contributed by atoms with E-state index in [0.717, 1.165) is 57.4 Å². The quantitative estimate of drug-likeness (QED) is 0.753. The first-order chi connectivity index (χ1) is 15.5. The van der Waals surface area contributed by atoms with Gasteiger partial charge in [0.2, 0.25) is 5.91 Å². The molecule has 2 saturated heterocycles. The lowest BCUT2D eigenvalue weighted by Crippen LogP contribution is -2.51. The van der Waals surface area contributed by atoms with E-state index < -0.39 is 0 Å². The van der Waals surface area contributed by atoms with Gasteiger partial charge in [-0.1, -0.05) is 29.8 Å². The molecule has 170 valence electrons. The van der Waals surface area contributed by atoms with Gasteiger partial charge in [0.15, 0.2) is 0 Å². The smallest absolute Gasteiger partial charge is 0.251 e. The van der Waals surface area contributed by atoms with Crippen LogP contribution in [-0.4, -0.2) is 53.5 Å². The van der Waals surface area contributed by atoms with Crippen LogP contribution in [0.5, 0.6) is 0 Å². The summed E-state index contributed by atoms with van der Waals surface area (Å²) in [6, 6.07) is 11.7. The van der Waals surface area contributed by atoms with Crippen molar-refractivity contribution in [3.63, 3.8) is 0 Å². The second-order valence-electron chi connectivity index (χ2n) is 9.21. The second-order valence-corrected chi connectivity index (χ2v) is 9.21. The Morgan fingerprint density at radius 2 is 1.84 bits per heavy atom. The number of aryl methyl sites for hydroxylation is 1. The normalized spacial score (nSPS) is 20.2. The summed E-state index contributed by atoms with van der Waals surface area (Å²) in [7, 11) is 0. The van der Waals surface area contributed by atoms with Gasteiger partial charge in [-0.2, -0.15) is 0 Å². The van der Waals surface area contributed by atoms with E-state index in [-0.39, 0.29) is 17.4 Å². The van der Waals surface area contributed by atoms with E-state index in [4.69, 9.17) is 4.74 Å². The fourth-order valence-corrected chi connectivity index (χ4v) is 4.88. The molecule has 2 amide bonds. The van der Waals surface area contributed by atoms with E-state index in [0.29, 0.717) is 24.4 Å². The molecule has 0 radical (unpaired) electrons. The Hall–Kier alpha value is -2.73. The van der Waals surface area contributed by atoms with Crippen molar-refractivity contribution in [2.75, 3.05) is 26.2 Å². The number of rotatable bonds is 6. The summed E-state index contributed by atoms with van der Waals surface area (Å²) in [5, 5.41) is 3.03. The fourth-order valence-electron chi connectivity index (χ4n) is 4.88. The molecule has 0 bridgehead atoms. The number of carbonyl (C=O) groups is 2. The van der Waals surface area contributed by atoms with Gasteiger partial charge in [-0.05, 0) is 62.6 Å². The van der Waals surface area contributed by atoms with E-state index in [9.17, 15) is 9.59 Å². The van der Waals surface area contributed by atoms with Crippen LogP contribution in [0.25, 0.3) is 0 Å². The van der Waals surface area contributed by atoms with Crippen molar-refractivity contribution in [3.05, 3.63) is 65.5 Å². The molecule has 2 fully saturated rings. The summed E-state index contributed by atoms with van der Waals surface area (Å²) in [4.78, 5) is 30.9. The number of hydrogen-bond acceptors (Lipinski definition) is 4. The third-order valence-electron chi connectivity index (χ3n) is 6.88. The number of benzene rings is 1. The Labute approximate surface area is 190 Å². The molecule has 4 rings (SSSR count). The molecule has 1 aromatic heterocycles. The van der Waals surface area contributed by atoms with Crippen LogP contribution in [0.1, 0.15) is 53.6 Å². The molecule has 1 spiro atoms. The van der Waals surface area contributed by atoms with E-state index in [1.807, 2.05) is 17.0 Å². The second kappa shape index (κ2) is 10.3. The van der Waals surface area contributed by atoms with E-state index in [2.05, 4.69) is 29.4 Å². The molecular formula is C26H33N3O3. The van der Waals surface area contributed by atoms with E-state index in [1.54, 1.807) is 24.5 Å². The zero-order valence-corrected chi connectivity index (χ0v) is 18.9. The summed E-state index contributed by atoms with van der Waals surface area (Å²) in [5.41, 5.74) is 2.82. The van der Waals surface area contributed by atoms with Gasteiger partial charge in [0, 0.05) is 44.2 Å². The zero-order valence-electron chi connectivity index (χ0n) is 18.9. The molecule has 1 N–H and O–H groups in total. The maximum Gasteiger partial charge on any atom is 0.251 e. The molecule has 6 heteroatoms. The Kier molecular flexibility index (Phi) is 7.20. The first kappa shape index (κ1) is 22.5. The van der Waals surface area contributed by atoms with Crippen LogP contribution in [0.2, 0.25) is 0 Å². The van der Waals surface area contributed by atoms with Gasteiger partial charge >= 0.3 is 0 Å². The van der Waals surface area contributed by atoms with Crippen LogP contribution < -0.4 is 5.32 Å². The summed E-state index contributed by atoms with van der Waals surface area (Å²) in [6.07, 6.45) is 8.52. The number of amides is 2. The topological polar surface area (TPSA) is 71.5 Å². The Morgan fingerprint density at radius 1 is 1.12 bits per heavy atom. The lowest BCUT2D eigenvalue weighted by Gasteiger charge is -2.46. The maximum absolute atomic E-state index is 12.8. The van der Waals surface area contributed by atoms with Crippen LogP contribution in [-0.2, 0) is 16.0 Å². The number of piperidine rings is 1. The molecule has 6 nitrogen and oxygen atoms in total. The monoisotopic (exact) mass is 435 g/mol. The van der Waals surface area contributed by atoms with Crippen molar-refractivity contribution in [2.45, 2.75) is 51.0 Å². The number of pyridine rings is 1. The van der Waals surface area contributed by atoms with Crippen LogP contribution in [0.15, 0.2) is 48.8 Å². The van der Waals surface area contributed by atoms with Crippen LogP contribution in [0, 0.1) is 12.8 Å². The molecule has 1 atom stereocenters. The average molecular weight is 436 g/mol. The minimum Gasteiger partial charge on any atom is -0.375 e. The summed E-state index contributed by atoms with van der Waals surface area (Å²) in [5.74, 6) is 0.695. The van der Waals surface area contributed by atoms with Crippen molar-refractivity contribution in [3.8, 4) is 0 Å². The lowest BCUT2D eigenvalue weighted by atomic mass is 9.78. The largest absolute Gasteiger partial charge is 0.375 e. The molecule has 2 aliphatic heterocycles. The highest BCUT2D eigenvalue weighted by Crippen LogP contribution is 2.38. The molecule has 0 saturated carbocycles. The third-order valence-corrected chi connectivity index (χ3v) is 6.88. The van der Waals surface area contributed by atoms with Crippen molar-refractivity contribution in [2.24, 2.45) is 5.92 Å². The molecular weight excluding hydrogens is 402 g/mol. The van der Waals surface area contributed by atoms with Gasteiger partial charge in [-0.3, -0.25) is 14.6 Å². The molecule has 0 aliphatic carbocycles. The van der Waals surface area contributed by atoms with Gasteiger partial charge in [0.25, 0.3) is 5.91 Å². The molecule has 1 aromatic carbocycles. The van der Waals surface area contributed by atoms with Gasteiger partial charge in [0.1, 0.15) is 0 Å². The molecule has 3 heterocycles. The summed E-state index contributed by atoms with van der Waals surface area (Å²) >= 11 is 0. The minimum atomic E-state index is -0.112. The average Bonchev–Trinajstić information content (AvgIpc) is 2.81. The highest BCUT2D eigenvalue weighted by atomic mass is 16.5. The first-order valence-electron chi connectivity index (χ1n) is 11.7. The summed E-state index contributed by atoms with van der Waals surface area (Å²) in [6.45, 7) is 5.01. The Morgan fingerprint density at radius 3 is 2.56 bits per heavy atom. The fraction of sp³-hybridized carbons (Fsp3) is 0.500. The summed E-state index contributed by atoms with van der Waals surface area (Å²) < 4.78 is 6.26. The van der Waals surface area contributed by atoms with Crippen LogP contribution >= 0.6 is 0 Å². The van der Waals surface area contributed by atoms with E-state index in [1.165, 1.54) is 5.56 Å². The van der Waals surface area contributed by atoms with Crippen LogP contribution in [0.4, 0.5) is 0 Å². The molecule has 2 aliphatic rings. The number of nitrogens with zero attached hydrogens (tertiary/aromatic N) is 2. The van der Waals surface area contributed by atoms with Crippen molar-refractivity contribution < 1.29 is 14.3 Å². The highest BCUT2D eigenvalue weighted by molar-refractivity contribution is 5.93. The number of likely N-dealkylation sites (tertiary alicyclic amines) is 1. The van der Waals surface area contributed by atoms with Gasteiger partial charge < -0.3 is 15.0 Å². The number of aromatic nitrogens is 1. The number of hydrogen-bond donors (Lipinski definition) is 1. The Bertz CT molecular complexity index is 906. The minimum absolute atomic E-state index is 0.0467. The lowest BCUT2D eigenvalue weighted by molar-refractivity contribution is -0.146. The maximum atomic E-state index is 12.8. The molecule has 2 aromatic rings. The SMILES string of the molecule is Cc1ccc(CC(=O)N2CCC3(CC2)CC(CCNC(=O)c2ccncc2)CCO3)cc1. The predicted molar refractivity (Wildman–Crippen MR) is 123 cm³/mol. The van der Waals surface area contributed by atoms with Crippen molar-refractivity contribution in [1.29, 1.82) is 0 Å². The van der Waals surface area contributed by atoms with Gasteiger partial charge in [0.05, 0.1) is 12.0 Å². The number of ether oxygens (including phenoxy) is 1. The highest BCUT2D eigenvalue weighted by Gasteiger charge is 2.40. The van der Waals surface area contributed by atoms with E-state index >= 15 is 0 Å². The predicted octanol–water partition coefficient (Wildman–Crippen LogP) is 3.54. The zero-order chi connectivity index (χ0) is 22.4.